The van der Waals surface area contributed by atoms with E-state index in [0.29, 0.717) is 5.56 Å². The molecule has 1 aliphatic rings. The smallest absolute Gasteiger partial charge is 0.251 e. The van der Waals surface area contributed by atoms with Crippen LogP contribution < -0.4 is 20.3 Å². The zero-order chi connectivity index (χ0) is 23.8. The summed E-state index contributed by atoms with van der Waals surface area (Å²) >= 11 is 0. The SMILES string of the molecule is COc1ccc(N2CCC(NC(=O)CC(NC(=O)c3ccccc3)c3ccccc3)CC2)cc1. The van der Waals surface area contributed by atoms with Gasteiger partial charge in [-0.3, -0.25) is 9.59 Å². The van der Waals surface area contributed by atoms with Gasteiger partial charge in [-0.25, -0.2) is 0 Å². The van der Waals surface area contributed by atoms with E-state index in [4.69, 9.17) is 4.74 Å². The van der Waals surface area contributed by atoms with Gasteiger partial charge in [0.05, 0.1) is 19.6 Å². The molecule has 34 heavy (non-hydrogen) atoms. The number of benzene rings is 3. The monoisotopic (exact) mass is 457 g/mol. The molecule has 2 N–H and O–H groups in total. The van der Waals surface area contributed by atoms with Gasteiger partial charge in [0, 0.05) is 30.4 Å². The predicted octanol–water partition coefficient (Wildman–Crippen LogP) is 4.34. The first-order chi connectivity index (χ1) is 16.6. The molecule has 3 aromatic rings. The quantitative estimate of drug-likeness (QED) is 0.528. The number of anilines is 1. The van der Waals surface area contributed by atoms with Gasteiger partial charge >= 0.3 is 0 Å². The molecule has 1 fully saturated rings. The third-order valence-corrected chi connectivity index (χ3v) is 6.23. The van der Waals surface area contributed by atoms with Crippen LogP contribution in [0, 0.1) is 0 Å². The van der Waals surface area contributed by atoms with Crippen LogP contribution in [-0.4, -0.2) is 38.1 Å². The van der Waals surface area contributed by atoms with Gasteiger partial charge in [-0.1, -0.05) is 48.5 Å². The first-order valence-corrected chi connectivity index (χ1v) is 11.7. The average molecular weight is 458 g/mol. The normalized spacial score (nSPS) is 14.8. The summed E-state index contributed by atoms with van der Waals surface area (Å²) in [4.78, 5) is 28.0. The number of ether oxygens (including phenoxy) is 1. The van der Waals surface area contributed by atoms with Crippen molar-refractivity contribution in [1.29, 1.82) is 0 Å². The summed E-state index contributed by atoms with van der Waals surface area (Å²) in [6, 6.07) is 26.5. The molecule has 6 nitrogen and oxygen atoms in total. The second-order valence-corrected chi connectivity index (χ2v) is 8.53. The minimum atomic E-state index is -0.395. The Labute approximate surface area is 200 Å². The van der Waals surface area contributed by atoms with Crippen LogP contribution in [0.5, 0.6) is 5.75 Å². The number of hydrogen-bond acceptors (Lipinski definition) is 4. The van der Waals surface area contributed by atoms with Gasteiger partial charge in [-0.05, 0) is 54.8 Å². The van der Waals surface area contributed by atoms with Crippen molar-refractivity contribution >= 4 is 17.5 Å². The number of amides is 2. The molecule has 0 spiro atoms. The van der Waals surface area contributed by atoms with E-state index in [2.05, 4.69) is 27.7 Å². The maximum atomic E-state index is 12.9. The van der Waals surface area contributed by atoms with Crippen LogP contribution in [0.4, 0.5) is 5.69 Å². The summed E-state index contributed by atoms with van der Waals surface area (Å²) in [5, 5.41) is 6.22. The number of hydrogen-bond donors (Lipinski definition) is 2. The van der Waals surface area contributed by atoms with Crippen LogP contribution in [0.25, 0.3) is 0 Å². The van der Waals surface area contributed by atoms with E-state index in [1.807, 2.05) is 60.7 Å². The zero-order valence-electron chi connectivity index (χ0n) is 19.4. The Hall–Kier alpha value is -3.80. The van der Waals surface area contributed by atoms with E-state index < -0.39 is 6.04 Å². The standard InChI is InChI=1S/C28H31N3O3/c1-34-25-14-12-24(13-15-25)31-18-16-23(17-19-31)29-27(32)20-26(21-8-4-2-5-9-21)30-28(33)22-10-6-3-7-11-22/h2-15,23,26H,16-20H2,1H3,(H,29,32)(H,30,33). The molecule has 0 aliphatic carbocycles. The average Bonchev–Trinajstić information content (AvgIpc) is 2.90. The van der Waals surface area contributed by atoms with Gasteiger partial charge in [-0.2, -0.15) is 0 Å². The second-order valence-electron chi connectivity index (χ2n) is 8.53. The van der Waals surface area contributed by atoms with Crippen LogP contribution in [0.15, 0.2) is 84.9 Å². The fraction of sp³-hybridized carbons (Fsp3) is 0.286. The Bertz CT molecular complexity index is 1060. The summed E-state index contributed by atoms with van der Waals surface area (Å²) < 4.78 is 5.24. The summed E-state index contributed by atoms with van der Waals surface area (Å²) in [5.41, 5.74) is 2.66. The lowest BCUT2D eigenvalue weighted by Crippen LogP contribution is -2.45. The molecule has 1 aliphatic heterocycles. The van der Waals surface area contributed by atoms with Gasteiger partial charge < -0.3 is 20.3 Å². The van der Waals surface area contributed by atoms with Crippen LogP contribution in [-0.2, 0) is 4.79 Å². The predicted molar refractivity (Wildman–Crippen MR) is 134 cm³/mol. The number of piperidine rings is 1. The molecule has 1 atom stereocenters. The van der Waals surface area contributed by atoms with Crippen molar-refractivity contribution < 1.29 is 14.3 Å². The summed E-state index contributed by atoms with van der Waals surface area (Å²) in [6.45, 7) is 1.76. The lowest BCUT2D eigenvalue weighted by Gasteiger charge is -2.34. The molecule has 1 saturated heterocycles. The Morgan fingerprint density at radius 2 is 1.53 bits per heavy atom. The van der Waals surface area contributed by atoms with E-state index in [1.165, 1.54) is 5.69 Å². The van der Waals surface area contributed by atoms with Crippen LogP contribution in [0.3, 0.4) is 0 Å². The molecule has 0 radical (unpaired) electrons. The minimum Gasteiger partial charge on any atom is -0.497 e. The lowest BCUT2D eigenvalue weighted by atomic mass is 10.0. The first-order valence-electron chi connectivity index (χ1n) is 11.7. The van der Waals surface area contributed by atoms with Gasteiger partial charge in [0.25, 0.3) is 5.91 Å². The molecular formula is C28H31N3O3. The molecule has 1 heterocycles. The van der Waals surface area contributed by atoms with E-state index in [1.54, 1.807) is 19.2 Å². The number of carbonyl (C=O) groups is 2. The van der Waals surface area contributed by atoms with E-state index in [9.17, 15) is 9.59 Å². The lowest BCUT2D eigenvalue weighted by molar-refractivity contribution is -0.122. The molecule has 0 aromatic heterocycles. The molecule has 176 valence electrons. The highest BCUT2D eigenvalue weighted by Crippen LogP contribution is 2.23. The van der Waals surface area contributed by atoms with Crippen LogP contribution in [0.2, 0.25) is 0 Å². The highest BCUT2D eigenvalue weighted by atomic mass is 16.5. The van der Waals surface area contributed by atoms with Crippen molar-refractivity contribution in [2.24, 2.45) is 0 Å². The van der Waals surface area contributed by atoms with Crippen LogP contribution in [0.1, 0.15) is 41.2 Å². The fourth-order valence-electron chi connectivity index (χ4n) is 4.32. The molecule has 0 saturated carbocycles. The largest absolute Gasteiger partial charge is 0.497 e. The number of nitrogens with zero attached hydrogens (tertiary/aromatic N) is 1. The summed E-state index contributed by atoms with van der Waals surface area (Å²) in [6.07, 6.45) is 1.95. The number of nitrogens with one attached hydrogen (secondary N) is 2. The Morgan fingerprint density at radius 1 is 0.912 bits per heavy atom. The second kappa shape index (κ2) is 11.4. The summed E-state index contributed by atoms with van der Waals surface area (Å²) in [7, 11) is 1.67. The minimum absolute atomic E-state index is 0.0508. The molecule has 0 bridgehead atoms. The van der Waals surface area contributed by atoms with Gasteiger partial charge in [-0.15, -0.1) is 0 Å². The Morgan fingerprint density at radius 3 is 2.15 bits per heavy atom. The molecule has 4 rings (SSSR count). The zero-order valence-corrected chi connectivity index (χ0v) is 19.4. The maximum absolute atomic E-state index is 12.9. The van der Waals surface area contributed by atoms with Crippen molar-refractivity contribution in [1.82, 2.24) is 10.6 Å². The van der Waals surface area contributed by atoms with Crippen molar-refractivity contribution in [3.8, 4) is 5.75 Å². The van der Waals surface area contributed by atoms with Gasteiger partial charge in [0.2, 0.25) is 5.91 Å². The Balaban J connectivity index is 1.33. The number of rotatable bonds is 8. The van der Waals surface area contributed by atoms with Crippen molar-refractivity contribution in [3.05, 3.63) is 96.1 Å². The van der Waals surface area contributed by atoms with E-state index >= 15 is 0 Å². The molecule has 2 amide bonds. The van der Waals surface area contributed by atoms with Crippen molar-refractivity contribution in [2.45, 2.75) is 31.3 Å². The van der Waals surface area contributed by atoms with Crippen molar-refractivity contribution in [2.75, 3.05) is 25.1 Å². The van der Waals surface area contributed by atoms with E-state index in [-0.39, 0.29) is 24.3 Å². The summed E-state index contributed by atoms with van der Waals surface area (Å²) in [5.74, 6) is 0.610. The molecule has 6 heteroatoms. The maximum Gasteiger partial charge on any atom is 0.251 e. The van der Waals surface area contributed by atoms with Crippen LogP contribution >= 0.6 is 0 Å². The van der Waals surface area contributed by atoms with E-state index in [0.717, 1.165) is 37.2 Å². The van der Waals surface area contributed by atoms with Gasteiger partial charge in [0.1, 0.15) is 5.75 Å². The molecule has 3 aromatic carbocycles. The first kappa shape index (κ1) is 23.4. The third-order valence-electron chi connectivity index (χ3n) is 6.23. The fourth-order valence-corrected chi connectivity index (χ4v) is 4.32. The topological polar surface area (TPSA) is 70.7 Å². The molecular weight excluding hydrogens is 426 g/mol. The number of carbonyl (C=O) groups excluding carboxylic acids is 2. The van der Waals surface area contributed by atoms with Crippen molar-refractivity contribution in [3.63, 3.8) is 0 Å². The Kier molecular flexibility index (Phi) is 7.81. The highest BCUT2D eigenvalue weighted by Gasteiger charge is 2.24. The van der Waals surface area contributed by atoms with Gasteiger partial charge in [0.15, 0.2) is 0 Å². The molecule has 1 unspecified atom stereocenters. The highest BCUT2D eigenvalue weighted by molar-refractivity contribution is 5.94. The third kappa shape index (κ3) is 6.16. The number of methoxy groups -OCH3 is 1.